The molecule has 0 bridgehead atoms. The van der Waals surface area contributed by atoms with Crippen LogP contribution in [0.4, 0.5) is 14.9 Å². The summed E-state index contributed by atoms with van der Waals surface area (Å²) in [6.07, 6.45) is 1.76. The number of likely N-dealkylation sites (tertiary alicyclic amines) is 1. The lowest BCUT2D eigenvalue weighted by molar-refractivity contribution is 0.204. The number of halogens is 1. The standard InChI is InChI=1S/C15H16FN3O2/c1-10-8-13(18-21-10)14-6-3-7-19(14)15(20)17-12-5-2-4-11(16)9-12/h2,4-5,8-9,14H,3,6-7H2,1H3,(H,17,20). The number of nitrogens with one attached hydrogen (secondary N) is 1. The summed E-state index contributed by atoms with van der Waals surface area (Å²) >= 11 is 0. The van der Waals surface area contributed by atoms with Crippen LogP contribution in [-0.4, -0.2) is 22.6 Å². The minimum absolute atomic E-state index is 0.0870. The van der Waals surface area contributed by atoms with Crippen LogP contribution in [0.3, 0.4) is 0 Å². The van der Waals surface area contributed by atoms with E-state index in [1.54, 1.807) is 17.0 Å². The molecule has 0 saturated carbocycles. The SMILES string of the molecule is Cc1cc(C2CCCN2C(=O)Nc2cccc(F)c2)no1. The number of hydrogen-bond donors (Lipinski definition) is 1. The monoisotopic (exact) mass is 289 g/mol. The largest absolute Gasteiger partial charge is 0.361 e. The Labute approximate surface area is 121 Å². The van der Waals surface area contributed by atoms with E-state index in [-0.39, 0.29) is 17.9 Å². The highest BCUT2D eigenvalue weighted by Gasteiger charge is 2.32. The normalized spacial score (nSPS) is 18.0. The first-order valence-corrected chi connectivity index (χ1v) is 6.90. The second-order valence-electron chi connectivity index (χ2n) is 5.15. The van der Waals surface area contributed by atoms with Gasteiger partial charge >= 0.3 is 6.03 Å². The second kappa shape index (κ2) is 5.55. The average molecular weight is 289 g/mol. The van der Waals surface area contributed by atoms with Crippen molar-refractivity contribution in [3.05, 3.63) is 47.6 Å². The number of anilines is 1. The molecule has 3 rings (SSSR count). The van der Waals surface area contributed by atoms with Crippen LogP contribution in [0.25, 0.3) is 0 Å². The van der Waals surface area contributed by atoms with E-state index in [9.17, 15) is 9.18 Å². The van der Waals surface area contributed by atoms with E-state index in [1.807, 2.05) is 13.0 Å². The van der Waals surface area contributed by atoms with E-state index in [0.29, 0.717) is 12.2 Å². The number of carbonyl (C=O) groups excluding carboxylic acids is 1. The van der Waals surface area contributed by atoms with Crippen LogP contribution in [0.15, 0.2) is 34.9 Å². The lowest BCUT2D eigenvalue weighted by Crippen LogP contribution is -2.34. The second-order valence-corrected chi connectivity index (χ2v) is 5.15. The van der Waals surface area contributed by atoms with Gasteiger partial charge in [0.2, 0.25) is 0 Å². The highest BCUT2D eigenvalue weighted by Crippen LogP contribution is 2.32. The molecule has 2 aromatic rings. The van der Waals surface area contributed by atoms with Gasteiger partial charge in [0.05, 0.1) is 6.04 Å². The molecule has 110 valence electrons. The van der Waals surface area contributed by atoms with Crippen LogP contribution in [0.2, 0.25) is 0 Å². The third-order valence-corrected chi connectivity index (χ3v) is 3.58. The summed E-state index contributed by atoms with van der Waals surface area (Å²) in [6.45, 7) is 2.47. The lowest BCUT2D eigenvalue weighted by atomic mass is 10.1. The van der Waals surface area contributed by atoms with Crippen molar-refractivity contribution < 1.29 is 13.7 Å². The first-order chi connectivity index (χ1) is 10.1. The number of nitrogens with zero attached hydrogens (tertiary/aromatic N) is 2. The number of rotatable bonds is 2. The summed E-state index contributed by atoms with van der Waals surface area (Å²) < 4.78 is 18.2. The number of amides is 2. The molecule has 1 aromatic carbocycles. The van der Waals surface area contributed by atoms with Crippen molar-refractivity contribution in [1.82, 2.24) is 10.1 Å². The number of hydrogen-bond acceptors (Lipinski definition) is 3. The summed E-state index contributed by atoms with van der Waals surface area (Å²) in [4.78, 5) is 14.1. The van der Waals surface area contributed by atoms with Crippen molar-refractivity contribution in [1.29, 1.82) is 0 Å². The zero-order chi connectivity index (χ0) is 14.8. The molecule has 0 radical (unpaired) electrons. The molecule has 2 heterocycles. The van der Waals surface area contributed by atoms with Gasteiger partial charge in [0.15, 0.2) is 0 Å². The minimum Gasteiger partial charge on any atom is -0.361 e. The van der Waals surface area contributed by atoms with E-state index < -0.39 is 0 Å². The molecule has 1 aliphatic rings. The van der Waals surface area contributed by atoms with Crippen molar-refractivity contribution in [2.45, 2.75) is 25.8 Å². The number of benzene rings is 1. The fourth-order valence-electron chi connectivity index (χ4n) is 2.62. The average Bonchev–Trinajstić information content (AvgIpc) is 3.06. The maximum absolute atomic E-state index is 13.2. The zero-order valence-corrected chi connectivity index (χ0v) is 11.7. The molecule has 1 aliphatic heterocycles. The van der Waals surface area contributed by atoms with Crippen LogP contribution in [0.1, 0.15) is 30.3 Å². The number of urea groups is 1. The van der Waals surface area contributed by atoms with Crippen LogP contribution in [0, 0.1) is 12.7 Å². The van der Waals surface area contributed by atoms with Crippen LogP contribution < -0.4 is 5.32 Å². The topological polar surface area (TPSA) is 58.4 Å². The summed E-state index contributed by atoms with van der Waals surface area (Å²) in [7, 11) is 0. The third kappa shape index (κ3) is 2.89. The lowest BCUT2D eigenvalue weighted by Gasteiger charge is -2.23. The molecule has 6 heteroatoms. The van der Waals surface area contributed by atoms with Gasteiger partial charge in [0, 0.05) is 18.3 Å². The summed E-state index contributed by atoms with van der Waals surface area (Å²) in [5.74, 6) is 0.347. The quantitative estimate of drug-likeness (QED) is 0.920. The summed E-state index contributed by atoms with van der Waals surface area (Å²) in [5, 5.41) is 6.71. The molecular weight excluding hydrogens is 273 g/mol. The van der Waals surface area contributed by atoms with E-state index in [1.165, 1.54) is 12.1 Å². The number of aromatic nitrogens is 1. The van der Waals surface area contributed by atoms with E-state index >= 15 is 0 Å². The molecule has 1 fully saturated rings. The van der Waals surface area contributed by atoms with Gasteiger partial charge in [-0.15, -0.1) is 0 Å². The predicted octanol–water partition coefficient (Wildman–Crippen LogP) is 3.49. The van der Waals surface area contributed by atoms with Gasteiger partial charge < -0.3 is 14.7 Å². The molecule has 1 saturated heterocycles. The molecule has 5 nitrogen and oxygen atoms in total. The first-order valence-electron chi connectivity index (χ1n) is 6.90. The van der Waals surface area contributed by atoms with Gasteiger partial charge in [-0.3, -0.25) is 0 Å². The molecule has 2 amide bonds. The Hall–Kier alpha value is -2.37. The zero-order valence-electron chi connectivity index (χ0n) is 11.7. The predicted molar refractivity (Wildman–Crippen MR) is 75.3 cm³/mol. The van der Waals surface area contributed by atoms with Gasteiger partial charge in [-0.05, 0) is 38.0 Å². The molecular formula is C15H16FN3O2. The van der Waals surface area contributed by atoms with E-state index in [4.69, 9.17) is 4.52 Å². The van der Waals surface area contributed by atoms with E-state index in [0.717, 1.165) is 24.3 Å². The Morgan fingerprint density at radius 3 is 3.05 bits per heavy atom. The van der Waals surface area contributed by atoms with Crippen molar-refractivity contribution in [2.75, 3.05) is 11.9 Å². The fraction of sp³-hybridized carbons (Fsp3) is 0.333. The summed E-state index contributed by atoms with van der Waals surface area (Å²) in [6, 6.07) is 7.37. The molecule has 0 spiro atoms. The Morgan fingerprint density at radius 1 is 1.48 bits per heavy atom. The third-order valence-electron chi connectivity index (χ3n) is 3.58. The molecule has 21 heavy (non-hydrogen) atoms. The molecule has 1 aromatic heterocycles. The molecule has 0 aliphatic carbocycles. The fourth-order valence-corrected chi connectivity index (χ4v) is 2.62. The highest BCUT2D eigenvalue weighted by molar-refractivity contribution is 5.89. The maximum Gasteiger partial charge on any atom is 0.322 e. The Balaban J connectivity index is 1.74. The Bertz CT molecular complexity index is 656. The smallest absolute Gasteiger partial charge is 0.322 e. The van der Waals surface area contributed by atoms with Gasteiger partial charge in [0.25, 0.3) is 0 Å². The first kappa shape index (κ1) is 13.6. The van der Waals surface area contributed by atoms with Gasteiger partial charge in [-0.1, -0.05) is 11.2 Å². The number of carbonyl (C=O) groups is 1. The van der Waals surface area contributed by atoms with Crippen molar-refractivity contribution in [2.24, 2.45) is 0 Å². The Morgan fingerprint density at radius 2 is 2.33 bits per heavy atom. The molecule has 1 N–H and O–H groups in total. The highest BCUT2D eigenvalue weighted by atomic mass is 19.1. The Kier molecular flexibility index (Phi) is 3.60. The molecule has 1 unspecified atom stereocenters. The van der Waals surface area contributed by atoms with Crippen LogP contribution in [-0.2, 0) is 0 Å². The van der Waals surface area contributed by atoms with Gasteiger partial charge in [-0.2, -0.15) is 0 Å². The van der Waals surface area contributed by atoms with Crippen LogP contribution >= 0.6 is 0 Å². The van der Waals surface area contributed by atoms with E-state index in [2.05, 4.69) is 10.5 Å². The van der Waals surface area contributed by atoms with Crippen molar-refractivity contribution >= 4 is 11.7 Å². The van der Waals surface area contributed by atoms with Gasteiger partial charge in [0.1, 0.15) is 17.3 Å². The summed E-state index contributed by atoms with van der Waals surface area (Å²) in [5.41, 5.74) is 1.21. The molecule has 1 atom stereocenters. The van der Waals surface area contributed by atoms with Crippen molar-refractivity contribution in [3.63, 3.8) is 0 Å². The van der Waals surface area contributed by atoms with Crippen molar-refractivity contribution in [3.8, 4) is 0 Å². The maximum atomic E-state index is 13.2. The number of aryl methyl sites for hydroxylation is 1. The van der Waals surface area contributed by atoms with Gasteiger partial charge in [-0.25, -0.2) is 9.18 Å². The van der Waals surface area contributed by atoms with Crippen LogP contribution in [0.5, 0.6) is 0 Å². The minimum atomic E-state index is -0.377.